The molecule has 16 heavy (non-hydrogen) atoms. The zero-order valence-electron chi connectivity index (χ0n) is 9.45. The third kappa shape index (κ3) is 0.176. The highest BCUT2D eigenvalue weighted by atomic mass is 15.3. The summed E-state index contributed by atoms with van der Waals surface area (Å²) in [5, 5.41) is 0. The van der Waals surface area contributed by atoms with Crippen LogP contribution in [0, 0.1) is 69.0 Å². The first-order chi connectivity index (χ1) is 7.91. The van der Waals surface area contributed by atoms with Crippen LogP contribution in [-0.4, -0.2) is 0 Å². The Hall–Kier alpha value is 0. The zero-order chi connectivity index (χ0) is 9.45. The molecule has 0 bridgehead atoms. The van der Waals surface area contributed by atoms with Gasteiger partial charge >= 0.3 is 0 Å². The molecule has 9 aliphatic carbocycles. The summed E-state index contributed by atoms with van der Waals surface area (Å²) in [6.45, 7) is 0. The molecule has 0 N–H and O–H groups in total. The standard InChI is InChI=1S/C16H16/c1-5-7-2-9-11-4-12-10-3-8-6(1)13(5)14(7,9)16(11,12)15(8,10)13/h5-12H,1-4H2/t5-,6+,7+,8-,9-,10+,11+,12-,13?,14?,15?,16?. The molecule has 0 radical (unpaired) electrons. The molecule has 0 heteroatoms. The van der Waals surface area contributed by atoms with E-state index in [1.165, 1.54) is 47.3 Å². The summed E-state index contributed by atoms with van der Waals surface area (Å²) in [4.78, 5) is 0. The fourth-order valence-corrected chi connectivity index (χ4v) is 12.7. The van der Waals surface area contributed by atoms with Crippen molar-refractivity contribution in [2.24, 2.45) is 69.0 Å². The van der Waals surface area contributed by atoms with Crippen molar-refractivity contribution >= 4 is 0 Å². The van der Waals surface area contributed by atoms with E-state index in [1.807, 2.05) is 0 Å². The molecule has 0 aliphatic heterocycles. The van der Waals surface area contributed by atoms with E-state index in [1.54, 1.807) is 25.7 Å². The molecule has 9 fully saturated rings. The first-order valence-corrected chi connectivity index (χ1v) is 7.91. The van der Waals surface area contributed by atoms with Crippen molar-refractivity contribution in [1.82, 2.24) is 0 Å². The second kappa shape index (κ2) is 1.09. The Labute approximate surface area is 95.2 Å². The van der Waals surface area contributed by atoms with Gasteiger partial charge in [-0.05, 0) is 94.7 Å². The van der Waals surface area contributed by atoms with Gasteiger partial charge in [-0.3, -0.25) is 0 Å². The van der Waals surface area contributed by atoms with Gasteiger partial charge in [0.25, 0.3) is 0 Å². The van der Waals surface area contributed by atoms with E-state index in [2.05, 4.69) is 0 Å². The van der Waals surface area contributed by atoms with Crippen molar-refractivity contribution in [1.29, 1.82) is 0 Å². The molecule has 9 aliphatic rings. The second-order valence-corrected chi connectivity index (χ2v) is 9.27. The molecular formula is C16H16. The van der Waals surface area contributed by atoms with Crippen molar-refractivity contribution < 1.29 is 0 Å². The summed E-state index contributed by atoms with van der Waals surface area (Å²) in [7, 11) is 0. The lowest BCUT2D eigenvalue weighted by Gasteiger charge is -3.25. The maximum absolute atomic E-state index is 1.71. The summed E-state index contributed by atoms with van der Waals surface area (Å²) < 4.78 is 0. The number of rotatable bonds is 0. The smallest absolute Gasteiger partial charge is 0.00995 e. The van der Waals surface area contributed by atoms with Crippen molar-refractivity contribution in [3.8, 4) is 0 Å². The number of hydrogen-bond acceptors (Lipinski definition) is 0. The molecule has 0 unspecified atom stereocenters. The maximum Gasteiger partial charge on any atom is -0.00995 e. The Morgan fingerprint density at radius 3 is 0.750 bits per heavy atom. The van der Waals surface area contributed by atoms with Crippen molar-refractivity contribution in [3.05, 3.63) is 0 Å². The van der Waals surface area contributed by atoms with Crippen LogP contribution in [0.3, 0.4) is 0 Å². The molecule has 0 heterocycles. The van der Waals surface area contributed by atoms with Crippen molar-refractivity contribution in [2.45, 2.75) is 25.7 Å². The van der Waals surface area contributed by atoms with Gasteiger partial charge in [0.05, 0.1) is 0 Å². The molecule has 9 saturated carbocycles. The summed E-state index contributed by atoms with van der Waals surface area (Å²) in [6, 6.07) is 0. The minimum Gasteiger partial charge on any atom is -0.0458 e. The van der Waals surface area contributed by atoms with Gasteiger partial charge in [-0.2, -0.15) is 0 Å². The second-order valence-electron chi connectivity index (χ2n) is 9.27. The lowest BCUT2D eigenvalue weighted by molar-refractivity contribution is -0.796. The third-order valence-corrected chi connectivity index (χ3v) is 11.4. The van der Waals surface area contributed by atoms with Crippen LogP contribution in [0.2, 0.25) is 0 Å². The Kier molecular flexibility index (Phi) is 0.425. The third-order valence-electron chi connectivity index (χ3n) is 11.4. The molecule has 9 rings (SSSR count). The van der Waals surface area contributed by atoms with Crippen molar-refractivity contribution in [3.63, 3.8) is 0 Å². The van der Waals surface area contributed by atoms with Gasteiger partial charge in [0.2, 0.25) is 0 Å². The summed E-state index contributed by atoms with van der Waals surface area (Å²) in [5.74, 6) is 10.5. The van der Waals surface area contributed by atoms with E-state index in [0.29, 0.717) is 0 Å². The quantitative estimate of drug-likeness (QED) is 0.574. The molecule has 0 aromatic carbocycles. The molecule has 0 saturated heterocycles. The summed E-state index contributed by atoms with van der Waals surface area (Å²) in [6.07, 6.45) is 6.85. The minimum absolute atomic E-state index is 1.09. The predicted molar refractivity (Wildman–Crippen MR) is 56.1 cm³/mol. The lowest BCUT2D eigenvalue weighted by Crippen LogP contribution is -3.22. The largest absolute Gasteiger partial charge is 0.0458 e. The van der Waals surface area contributed by atoms with Gasteiger partial charge < -0.3 is 0 Å². The van der Waals surface area contributed by atoms with Crippen LogP contribution in [0.15, 0.2) is 0 Å². The van der Waals surface area contributed by atoms with Crippen LogP contribution < -0.4 is 0 Å². The Bertz CT molecular complexity index is 433. The van der Waals surface area contributed by atoms with E-state index < -0.39 is 0 Å². The molecule has 0 amide bonds. The monoisotopic (exact) mass is 208 g/mol. The molecule has 0 aromatic rings. The molecule has 8 atom stereocenters. The Balaban J connectivity index is 1.51. The van der Waals surface area contributed by atoms with Gasteiger partial charge in [-0.25, -0.2) is 0 Å². The molecule has 4 spiro atoms. The van der Waals surface area contributed by atoms with Crippen LogP contribution in [-0.2, 0) is 0 Å². The van der Waals surface area contributed by atoms with Crippen LogP contribution in [0.4, 0.5) is 0 Å². The first-order valence-electron chi connectivity index (χ1n) is 7.91. The molecule has 0 aromatic heterocycles. The summed E-state index contributed by atoms with van der Waals surface area (Å²) in [5.41, 5.74) is 4.37. The highest BCUT2D eigenvalue weighted by Gasteiger charge is 3.23. The molecule has 80 valence electrons. The lowest BCUT2D eigenvalue weighted by atomic mass is 8.78. The predicted octanol–water partition coefficient (Wildman–Crippen LogP) is 2.54. The number of fused-ring (bicyclic) bond motifs is 4. The van der Waals surface area contributed by atoms with E-state index in [0.717, 1.165) is 21.7 Å². The molecular weight excluding hydrogens is 192 g/mol. The topological polar surface area (TPSA) is 0 Å². The Morgan fingerprint density at radius 2 is 0.562 bits per heavy atom. The average molecular weight is 208 g/mol. The SMILES string of the molecule is C1[C@@H]2[C@@H]3C[C@@H]4[C@@H]5C[C@@H]6[C@@H]7C[C@@H]8[C@H]1C21C87C65C431. The van der Waals surface area contributed by atoms with Crippen LogP contribution >= 0.6 is 0 Å². The van der Waals surface area contributed by atoms with E-state index in [-0.39, 0.29) is 0 Å². The van der Waals surface area contributed by atoms with E-state index >= 15 is 0 Å². The van der Waals surface area contributed by atoms with E-state index in [4.69, 9.17) is 0 Å². The summed E-state index contributed by atoms with van der Waals surface area (Å²) >= 11 is 0. The molecule has 0 nitrogen and oxygen atoms in total. The van der Waals surface area contributed by atoms with Crippen molar-refractivity contribution in [2.75, 3.05) is 0 Å². The van der Waals surface area contributed by atoms with Gasteiger partial charge in [-0.15, -0.1) is 0 Å². The maximum atomic E-state index is 1.71. The number of hydrogen-bond donors (Lipinski definition) is 0. The van der Waals surface area contributed by atoms with Gasteiger partial charge in [0.15, 0.2) is 0 Å². The minimum atomic E-state index is 1.09. The normalized spacial score (nSPS) is 108. The van der Waals surface area contributed by atoms with Gasteiger partial charge in [0.1, 0.15) is 0 Å². The fraction of sp³-hybridized carbons (Fsp3) is 1.00. The van der Waals surface area contributed by atoms with Gasteiger partial charge in [-0.1, -0.05) is 0 Å². The van der Waals surface area contributed by atoms with Crippen LogP contribution in [0.25, 0.3) is 0 Å². The zero-order valence-corrected chi connectivity index (χ0v) is 9.45. The highest BCUT2D eigenvalue weighted by Crippen LogP contribution is 3.26. The fourth-order valence-electron chi connectivity index (χ4n) is 12.7. The Morgan fingerprint density at radius 1 is 0.375 bits per heavy atom. The average Bonchev–Trinajstić information content (AvgIpc) is 2.09. The van der Waals surface area contributed by atoms with Gasteiger partial charge in [0, 0.05) is 0 Å². The van der Waals surface area contributed by atoms with Crippen LogP contribution in [0.5, 0.6) is 0 Å². The van der Waals surface area contributed by atoms with Crippen LogP contribution in [0.1, 0.15) is 25.7 Å². The van der Waals surface area contributed by atoms with E-state index in [9.17, 15) is 0 Å². The highest BCUT2D eigenvalue weighted by molar-refractivity contribution is 5.68. The first kappa shape index (κ1) is 6.25.